The van der Waals surface area contributed by atoms with Gasteiger partial charge in [0.15, 0.2) is 0 Å². The molecule has 1 aromatic rings. The first kappa shape index (κ1) is 20.4. The minimum atomic E-state index is -4.78. The maximum absolute atomic E-state index is 13.6. The first-order valence-corrected chi connectivity index (χ1v) is 9.31. The smallest absolute Gasteiger partial charge is 0.373 e. The summed E-state index contributed by atoms with van der Waals surface area (Å²) in [4.78, 5) is 0. The number of halogens is 4. The van der Waals surface area contributed by atoms with Gasteiger partial charge in [0.05, 0.1) is 12.2 Å². The lowest BCUT2D eigenvalue weighted by molar-refractivity contribution is -0.172. The minimum Gasteiger partial charge on any atom is -0.373 e. The van der Waals surface area contributed by atoms with Crippen molar-refractivity contribution in [3.05, 3.63) is 34.9 Å². The molecule has 1 heterocycles. The predicted octanol–water partition coefficient (Wildman–Crippen LogP) is 3.23. The molecule has 0 bridgehead atoms. The highest BCUT2D eigenvalue weighted by Crippen LogP contribution is 2.39. The normalized spacial score (nSPS) is 20.6. The lowest BCUT2D eigenvalue weighted by Crippen LogP contribution is -2.55. The molecule has 1 aliphatic rings. The molecule has 0 saturated carbocycles. The van der Waals surface area contributed by atoms with E-state index in [1.165, 1.54) is 24.3 Å². The van der Waals surface area contributed by atoms with Gasteiger partial charge in [-0.05, 0) is 31.5 Å². The summed E-state index contributed by atoms with van der Waals surface area (Å²) < 4.78 is 73.2. The van der Waals surface area contributed by atoms with Crippen molar-refractivity contribution in [3.8, 4) is 0 Å². The third-order valence-corrected chi connectivity index (χ3v) is 6.10. The van der Waals surface area contributed by atoms with E-state index in [4.69, 9.17) is 16.3 Å². The van der Waals surface area contributed by atoms with E-state index in [9.17, 15) is 21.6 Å². The molecule has 0 amide bonds. The molecule has 1 unspecified atom stereocenters. The average Bonchev–Trinajstić information content (AvgIpc) is 2.47. The Balaban J connectivity index is 2.38. The van der Waals surface area contributed by atoms with Crippen LogP contribution in [-0.4, -0.2) is 55.5 Å². The van der Waals surface area contributed by atoms with Crippen LogP contribution in [0.3, 0.4) is 0 Å². The van der Waals surface area contributed by atoms with E-state index in [0.29, 0.717) is 4.31 Å². The van der Waals surface area contributed by atoms with Crippen LogP contribution in [0.1, 0.15) is 25.5 Å². The van der Waals surface area contributed by atoms with E-state index < -0.39 is 28.0 Å². The average molecular weight is 401 g/mol. The molecule has 1 aromatic carbocycles. The maximum Gasteiger partial charge on any atom is 0.409 e. The monoisotopic (exact) mass is 400 g/mol. The number of ether oxygens (including phenoxy) is 1. The molecule has 2 rings (SSSR count). The van der Waals surface area contributed by atoms with Crippen LogP contribution in [0.5, 0.6) is 0 Å². The second-order valence-corrected chi connectivity index (χ2v) is 8.89. The van der Waals surface area contributed by atoms with Gasteiger partial charge in [-0.1, -0.05) is 23.7 Å². The van der Waals surface area contributed by atoms with Crippen LogP contribution in [0.4, 0.5) is 13.2 Å². The molecule has 0 radical (unpaired) electrons. The van der Waals surface area contributed by atoms with Crippen molar-refractivity contribution >= 4 is 21.8 Å². The Hall–Kier alpha value is -0.870. The molecule has 25 heavy (non-hydrogen) atoms. The minimum absolute atomic E-state index is 0.00129. The summed E-state index contributed by atoms with van der Waals surface area (Å²) in [7, 11) is -3.40. The van der Waals surface area contributed by atoms with Gasteiger partial charge in [-0.15, -0.1) is 0 Å². The molecule has 142 valence electrons. The van der Waals surface area contributed by atoms with Crippen LogP contribution in [0.25, 0.3) is 0 Å². The highest BCUT2D eigenvalue weighted by molar-refractivity contribution is 7.86. The summed E-state index contributed by atoms with van der Waals surface area (Å²) in [5.74, 6) is 0. The quantitative estimate of drug-likeness (QED) is 0.779. The second kappa shape index (κ2) is 7.03. The van der Waals surface area contributed by atoms with Crippen LogP contribution < -0.4 is 0 Å². The van der Waals surface area contributed by atoms with Crippen LogP contribution in [0, 0.1) is 0 Å². The Morgan fingerprint density at radius 2 is 1.84 bits per heavy atom. The number of nitrogens with zero attached hydrogens (tertiary/aromatic N) is 2. The Labute approximate surface area is 150 Å². The molecule has 0 N–H and O–H groups in total. The Bertz CT molecular complexity index is 708. The fraction of sp³-hybridized carbons (Fsp3) is 0.600. The number of morpholine rings is 1. The molecule has 1 saturated heterocycles. The molecule has 1 atom stereocenters. The lowest BCUT2D eigenvalue weighted by atomic mass is 10.1. The standard InChI is InChI=1S/C15H20ClF3N2O3S/c1-14(2)10-21(8-9-24-14)25(22,23)20(3)13(15(17,18)19)11-4-6-12(16)7-5-11/h4-7,13H,8-10H2,1-3H3. The summed E-state index contributed by atoms with van der Waals surface area (Å²) >= 11 is 5.72. The first-order valence-electron chi connectivity index (χ1n) is 7.54. The molecule has 0 aromatic heterocycles. The van der Waals surface area contributed by atoms with Crippen molar-refractivity contribution in [1.82, 2.24) is 8.61 Å². The summed E-state index contributed by atoms with van der Waals surface area (Å²) in [6.07, 6.45) is -4.78. The van der Waals surface area contributed by atoms with Gasteiger partial charge >= 0.3 is 6.18 Å². The van der Waals surface area contributed by atoms with Gasteiger partial charge in [-0.2, -0.15) is 30.2 Å². The van der Waals surface area contributed by atoms with E-state index in [-0.39, 0.29) is 30.3 Å². The maximum atomic E-state index is 13.6. The molecule has 1 fully saturated rings. The van der Waals surface area contributed by atoms with Crippen LogP contribution >= 0.6 is 11.6 Å². The number of hydrogen-bond donors (Lipinski definition) is 0. The van der Waals surface area contributed by atoms with Crippen molar-refractivity contribution in [2.24, 2.45) is 0 Å². The number of hydrogen-bond acceptors (Lipinski definition) is 3. The lowest BCUT2D eigenvalue weighted by Gasteiger charge is -2.40. The SMILES string of the molecule is CN(C(c1ccc(Cl)cc1)C(F)(F)F)S(=O)(=O)N1CCOC(C)(C)C1. The van der Waals surface area contributed by atoms with E-state index >= 15 is 0 Å². The highest BCUT2D eigenvalue weighted by atomic mass is 35.5. The summed E-state index contributed by atoms with van der Waals surface area (Å²) in [6.45, 7) is 3.48. The van der Waals surface area contributed by atoms with Crippen LogP contribution in [0.15, 0.2) is 24.3 Å². The summed E-state index contributed by atoms with van der Waals surface area (Å²) in [5.41, 5.74) is -0.962. The third-order valence-electron chi connectivity index (χ3n) is 3.94. The number of benzene rings is 1. The van der Waals surface area contributed by atoms with Gasteiger partial charge < -0.3 is 4.74 Å². The van der Waals surface area contributed by atoms with Crippen molar-refractivity contribution in [2.45, 2.75) is 31.7 Å². The Morgan fingerprint density at radius 3 is 2.32 bits per heavy atom. The van der Waals surface area contributed by atoms with E-state index in [1.807, 2.05) is 0 Å². The predicted molar refractivity (Wildman–Crippen MR) is 88.5 cm³/mol. The molecule has 0 spiro atoms. The van der Waals surface area contributed by atoms with Gasteiger partial charge in [-0.3, -0.25) is 0 Å². The van der Waals surface area contributed by atoms with Gasteiger partial charge in [0.2, 0.25) is 0 Å². The fourth-order valence-corrected chi connectivity index (χ4v) is 4.51. The van der Waals surface area contributed by atoms with Gasteiger partial charge in [0.25, 0.3) is 10.2 Å². The van der Waals surface area contributed by atoms with Gasteiger partial charge in [-0.25, -0.2) is 0 Å². The van der Waals surface area contributed by atoms with Gasteiger partial charge in [0, 0.05) is 25.2 Å². The summed E-state index contributed by atoms with van der Waals surface area (Å²) in [5, 5.41) is 0.269. The van der Waals surface area contributed by atoms with Crippen molar-refractivity contribution in [2.75, 3.05) is 26.7 Å². The van der Waals surface area contributed by atoms with Crippen molar-refractivity contribution in [3.63, 3.8) is 0 Å². The first-order chi connectivity index (χ1) is 11.3. The Kier molecular flexibility index (Phi) is 5.75. The van der Waals surface area contributed by atoms with Crippen molar-refractivity contribution < 1.29 is 26.3 Å². The van der Waals surface area contributed by atoms with E-state index in [1.54, 1.807) is 13.8 Å². The van der Waals surface area contributed by atoms with Crippen molar-refractivity contribution in [1.29, 1.82) is 0 Å². The molecular formula is C15H20ClF3N2O3S. The van der Waals surface area contributed by atoms with Crippen LogP contribution in [0.2, 0.25) is 5.02 Å². The van der Waals surface area contributed by atoms with E-state index in [0.717, 1.165) is 11.4 Å². The fourth-order valence-electron chi connectivity index (χ4n) is 2.74. The summed E-state index contributed by atoms with van der Waals surface area (Å²) in [6, 6.07) is 2.65. The van der Waals surface area contributed by atoms with E-state index in [2.05, 4.69) is 0 Å². The largest absolute Gasteiger partial charge is 0.409 e. The molecular weight excluding hydrogens is 381 g/mol. The molecule has 5 nitrogen and oxygen atoms in total. The second-order valence-electron chi connectivity index (χ2n) is 6.46. The topological polar surface area (TPSA) is 49.9 Å². The third kappa shape index (κ3) is 4.65. The zero-order valence-electron chi connectivity index (χ0n) is 14.0. The van der Waals surface area contributed by atoms with Gasteiger partial charge in [0.1, 0.15) is 6.04 Å². The zero-order chi connectivity index (χ0) is 19.0. The molecule has 1 aliphatic heterocycles. The molecule has 10 heteroatoms. The molecule has 0 aliphatic carbocycles. The Morgan fingerprint density at radius 1 is 1.28 bits per heavy atom. The zero-order valence-corrected chi connectivity index (χ0v) is 15.6. The van der Waals surface area contributed by atoms with Crippen LogP contribution in [-0.2, 0) is 14.9 Å². The number of rotatable bonds is 4. The number of alkyl halides is 3. The highest BCUT2D eigenvalue weighted by Gasteiger charge is 2.49.